The summed E-state index contributed by atoms with van der Waals surface area (Å²) >= 11 is 0. The van der Waals surface area contributed by atoms with Gasteiger partial charge in [-0.3, -0.25) is 0 Å². The Bertz CT molecular complexity index is 172. The molecular weight excluding hydrogens is 170 g/mol. The minimum atomic E-state index is 0.501. The van der Waals surface area contributed by atoms with Crippen LogP contribution in [0.15, 0.2) is 0 Å². The van der Waals surface area contributed by atoms with Crippen LogP contribution in [0.3, 0.4) is 0 Å². The minimum Gasteiger partial charge on any atom is -0.311 e. The molecule has 84 valence electrons. The summed E-state index contributed by atoms with van der Waals surface area (Å²) in [7, 11) is 0. The summed E-state index contributed by atoms with van der Waals surface area (Å²) in [5, 5.41) is 3.81. The van der Waals surface area contributed by atoms with E-state index in [9.17, 15) is 0 Å². The molecule has 0 spiro atoms. The zero-order valence-electron chi connectivity index (χ0n) is 10.6. The van der Waals surface area contributed by atoms with Crippen molar-refractivity contribution in [1.82, 2.24) is 5.32 Å². The lowest BCUT2D eigenvalue weighted by Gasteiger charge is -2.41. The molecule has 0 saturated heterocycles. The van der Waals surface area contributed by atoms with Gasteiger partial charge in [0.25, 0.3) is 0 Å². The molecule has 0 bridgehead atoms. The van der Waals surface area contributed by atoms with Gasteiger partial charge < -0.3 is 5.32 Å². The summed E-state index contributed by atoms with van der Waals surface area (Å²) < 4.78 is 0. The van der Waals surface area contributed by atoms with Crippen molar-refractivity contribution in [3.05, 3.63) is 0 Å². The van der Waals surface area contributed by atoms with Crippen LogP contribution in [0.5, 0.6) is 0 Å². The molecule has 0 aromatic heterocycles. The second-order valence-electron chi connectivity index (χ2n) is 5.99. The Labute approximate surface area is 89.7 Å². The molecule has 1 aliphatic carbocycles. The van der Waals surface area contributed by atoms with E-state index in [-0.39, 0.29) is 0 Å². The van der Waals surface area contributed by atoms with Gasteiger partial charge in [0.15, 0.2) is 0 Å². The Kier molecular flexibility index (Phi) is 4.00. The highest BCUT2D eigenvalue weighted by molar-refractivity contribution is 4.89. The second-order valence-corrected chi connectivity index (χ2v) is 5.99. The Balaban J connectivity index is 2.49. The summed E-state index contributed by atoms with van der Waals surface area (Å²) in [6.07, 6.45) is 5.58. The first-order chi connectivity index (χ1) is 6.43. The second kappa shape index (κ2) is 4.65. The molecule has 1 N–H and O–H groups in total. The van der Waals surface area contributed by atoms with E-state index in [1.165, 1.54) is 25.7 Å². The summed E-state index contributed by atoms with van der Waals surface area (Å²) in [6.45, 7) is 11.7. The average molecular weight is 197 g/mol. The topological polar surface area (TPSA) is 12.0 Å². The molecule has 2 unspecified atom stereocenters. The van der Waals surface area contributed by atoms with Crippen LogP contribution in [0.25, 0.3) is 0 Å². The molecule has 1 saturated carbocycles. The maximum Gasteiger partial charge on any atom is 0.0121 e. The lowest BCUT2D eigenvalue weighted by molar-refractivity contribution is 0.149. The van der Waals surface area contributed by atoms with E-state index < -0.39 is 0 Å². The number of nitrogens with one attached hydrogen (secondary N) is 1. The van der Waals surface area contributed by atoms with Gasteiger partial charge in [-0.1, -0.05) is 40.5 Å². The molecule has 0 aliphatic heterocycles. The van der Waals surface area contributed by atoms with E-state index in [4.69, 9.17) is 0 Å². The van der Waals surface area contributed by atoms with Crippen molar-refractivity contribution in [2.45, 2.75) is 72.4 Å². The fourth-order valence-corrected chi connectivity index (χ4v) is 2.31. The molecule has 1 heteroatoms. The lowest BCUT2D eigenvalue weighted by atomic mass is 9.73. The average Bonchev–Trinajstić information content (AvgIpc) is 2.08. The fourth-order valence-electron chi connectivity index (χ4n) is 2.31. The molecule has 0 heterocycles. The van der Waals surface area contributed by atoms with Gasteiger partial charge in [-0.15, -0.1) is 0 Å². The summed E-state index contributed by atoms with van der Waals surface area (Å²) in [6, 6.07) is 1.38. The molecule has 0 radical (unpaired) electrons. The molecule has 0 aromatic carbocycles. The Morgan fingerprint density at radius 3 is 2.29 bits per heavy atom. The number of hydrogen-bond donors (Lipinski definition) is 1. The highest BCUT2D eigenvalue weighted by Gasteiger charge is 2.32. The van der Waals surface area contributed by atoms with E-state index in [0.717, 1.165) is 12.0 Å². The predicted octanol–water partition coefficient (Wildman–Crippen LogP) is 3.59. The summed E-state index contributed by atoms with van der Waals surface area (Å²) in [4.78, 5) is 0. The van der Waals surface area contributed by atoms with Crippen molar-refractivity contribution >= 4 is 0 Å². The van der Waals surface area contributed by atoms with Gasteiger partial charge >= 0.3 is 0 Å². The zero-order valence-corrected chi connectivity index (χ0v) is 10.6. The van der Waals surface area contributed by atoms with E-state index in [0.29, 0.717) is 11.5 Å². The summed E-state index contributed by atoms with van der Waals surface area (Å²) in [5.74, 6) is 0.743. The van der Waals surface area contributed by atoms with Crippen molar-refractivity contribution in [2.75, 3.05) is 0 Å². The molecule has 1 aliphatic rings. The third kappa shape index (κ3) is 2.98. The van der Waals surface area contributed by atoms with Gasteiger partial charge in [-0.05, 0) is 31.1 Å². The van der Waals surface area contributed by atoms with Crippen LogP contribution < -0.4 is 5.32 Å². The first-order valence-corrected chi connectivity index (χ1v) is 6.19. The van der Waals surface area contributed by atoms with Crippen LogP contribution >= 0.6 is 0 Å². The van der Waals surface area contributed by atoms with Gasteiger partial charge in [0.2, 0.25) is 0 Å². The smallest absolute Gasteiger partial charge is 0.0121 e. The van der Waals surface area contributed by atoms with Gasteiger partial charge in [-0.2, -0.15) is 0 Å². The van der Waals surface area contributed by atoms with E-state index in [2.05, 4.69) is 39.9 Å². The van der Waals surface area contributed by atoms with Gasteiger partial charge in [0.1, 0.15) is 0 Å². The Morgan fingerprint density at radius 2 is 1.79 bits per heavy atom. The number of rotatable bonds is 3. The molecule has 0 amide bonds. The van der Waals surface area contributed by atoms with Crippen molar-refractivity contribution in [1.29, 1.82) is 0 Å². The largest absolute Gasteiger partial charge is 0.311 e. The highest BCUT2D eigenvalue weighted by atomic mass is 15.0. The maximum absolute atomic E-state index is 3.81. The van der Waals surface area contributed by atoms with Crippen LogP contribution in [0.2, 0.25) is 0 Å². The van der Waals surface area contributed by atoms with Crippen LogP contribution in [0.4, 0.5) is 0 Å². The zero-order chi connectivity index (χ0) is 10.8. The van der Waals surface area contributed by atoms with E-state index in [1.54, 1.807) is 0 Å². The third-order valence-electron chi connectivity index (χ3n) is 3.97. The molecule has 1 fully saturated rings. The third-order valence-corrected chi connectivity index (χ3v) is 3.97. The molecule has 0 aromatic rings. The van der Waals surface area contributed by atoms with E-state index in [1.807, 2.05) is 0 Å². The molecule has 1 nitrogen and oxygen atoms in total. The van der Waals surface area contributed by atoms with Gasteiger partial charge in [0, 0.05) is 12.1 Å². The van der Waals surface area contributed by atoms with Crippen LogP contribution in [-0.4, -0.2) is 12.1 Å². The Hall–Kier alpha value is -0.0400. The first kappa shape index (κ1) is 12.0. The van der Waals surface area contributed by atoms with E-state index >= 15 is 0 Å². The summed E-state index contributed by atoms with van der Waals surface area (Å²) in [5.41, 5.74) is 0.501. The van der Waals surface area contributed by atoms with Crippen molar-refractivity contribution in [3.8, 4) is 0 Å². The van der Waals surface area contributed by atoms with Crippen LogP contribution in [0.1, 0.15) is 60.3 Å². The van der Waals surface area contributed by atoms with Crippen LogP contribution in [-0.2, 0) is 0 Å². The molecule has 2 atom stereocenters. The Morgan fingerprint density at radius 1 is 1.14 bits per heavy atom. The minimum absolute atomic E-state index is 0.501. The molecule has 14 heavy (non-hydrogen) atoms. The normalized spacial score (nSPS) is 29.1. The fraction of sp³-hybridized carbons (Fsp3) is 1.00. The molecular formula is C13H27N. The monoisotopic (exact) mass is 197 g/mol. The first-order valence-electron chi connectivity index (χ1n) is 6.19. The molecule has 1 rings (SSSR count). The quantitative estimate of drug-likeness (QED) is 0.729. The maximum atomic E-state index is 3.81. The van der Waals surface area contributed by atoms with Crippen molar-refractivity contribution in [2.24, 2.45) is 11.3 Å². The number of hydrogen-bond acceptors (Lipinski definition) is 1. The standard InChI is InChI=1S/C13H27N/c1-10(2)11(3)14-12-8-6-7-9-13(12,4)5/h10-12,14H,6-9H2,1-5H3. The van der Waals surface area contributed by atoms with Gasteiger partial charge in [-0.25, -0.2) is 0 Å². The predicted molar refractivity (Wildman–Crippen MR) is 63.5 cm³/mol. The van der Waals surface area contributed by atoms with Crippen molar-refractivity contribution in [3.63, 3.8) is 0 Å². The SMILES string of the molecule is CC(C)C(C)NC1CCCCC1(C)C. The lowest BCUT2D eigenvalue weighted by Crippen LogP contribution is -2.49. The van der Waals surface area contributed by atoms with Crippen molar-refractivity contribution < 1.29 is 0 Å². The van der Waals surface area contributed by atoms with Crippen LogP contribution in [0, 0.1) is 11.3 Å². The highest BCUT2D eigenvalue weighted by Crippen LogP contribution is 2.35. The van der Waals surface area contributed by atoms with Gasteiger partial charge in [0.05, 0.1) is 0 Å².